The number of sulfone groups is 1. The maximum atomic E-state index is 12.8. The highest BCUT2D eigenvalue weighted by molar-refractivity contribution is 7.89. The van der Waals surface area contributed by atoms with E-state index in [0.717, 1.165) is 6.26 Å². The minimum atomic E-state index is -3.25. The first-order valence-electron chi connectivity index (χ1n) is 10.5. The van der Waals surface area contributed by atoms with Crippen molar-refractivity contribution in [2.24, 2.45) is 0 Å². The van der Waals surface area contributed by atoms with E-state index in [2.05, 4.69) is 0 Å². The number of rotatable bonds is 7. The Bertz CT molecular complexity index is 1470. The Kier molecular flexibility index (Phi) is 6.51. The predicted molar refractivity (Wildman–Crippen MR) is 128 cm³/mol. The van der Waals surface area contributed by atoms with Gasteiger partial charge in [-0.25, -0.2) is 18.0 Å². The van der Waals surface area contributed by atoms with Crippen molar-refractivity contribution in [1.82, 2.24) is 0 Å². The topological polar surface area (TPSA) is 99.9 Å². The fourth-order valence-corrected chi connectivity index (χ4v) is 4.38. The van der Waals surface area contributed by atoms with E-state index < -0.39 is 21.8 Å². The summed E-state index contributed by atoms with van der Waals surface area (Å²) in [5.41, 5.74) is 2.10. The first-order valence-corrected chi connectivity index (χ1v) is 12.6. The van der Waals surface area contributed by atoms with E-state index in [9.17, 15) is 18.0 Å². The number of esters is 2. The smallest absolute Gasteiger partial charge is 0.343 e. The van der Waals surface area contributed by atoms with Gasteiger partial charge in [0.1, 0.15) is 22.7 Å². The molecule has 0 unspecified atom stereocenters. The number of hydrogen-bond donors (Lipinski definition) is 0. The Hall–Kier alpha value is -3.91. The van der Waals surface area contributed by atoms with Gasteiger partial charge in [-0.3, -0.25) is 0 Å². The van der Waals surface area contributed by atoms with Crippen LogP contribution in [0, 0.1) is 0 Å². The van der Waals surface area contributed by atoms with Crippen LogP contribution in [0.5, 0.6) is 5.75 Å². The van der Waals surface area contributed by atoms with Crippen LogP contribution in [0.2, 0.25) is 0 Å². The van der Waals surface area contributed by atoms with Crippen LogP contribution in [-0.4, -0.2) is 33.2 Å². The summed E-state index contributed by atoms with van der Waals surface area (Å²) in [6.45, 7) is 1.91. The molecule has 0 aliphatic rings. The van der Waals surface area contributed by atoms with Gasteiger partial charge in [-0.05, 0) is 42.8 Å². The molecule has 7 nitrogen and oxygen atoms in total. The van der Waals surface area contributed by atoms with Crippen molar-refractivity contribution in [1.29, 1.82) is 0 Å². The standard InChI is InChI=1S/C26H22O7S/c1-3-31-26(28)23-21-15-20(12-13-22(21)33-24(23)18-9-5-4-6-10-18)32-25(27)19-11-7-8-17(14-19)16-34(2,29)30/h4-15H,3,16H2,1-2H3. The van der Waals surface area contributed by atoms with E-state index in [-0.39, 0.29) is 29.2 Å². The number of carbonyl (C=O) groups excluding carboxylic acids is 2. The van der Waals surface area contributed by atoms with Gasteiger partial charge in [-0.2, -0.15) is 0 Å². The summed E-state index contributed by atoms with van der Waals surface area (Å²) in [5.74, 6) is -0.806. The van der Waals surface area contributed by atoms with Crippen LogP contribution in [0.15, 0.2) is 77.2 Å². The third kappa shape index (κ3) is 5.18. The Labute approximate surface area is 196 Å². The fourth-order valence-electron chi connectivity index (χ4n) is 3.60. The Morgan fingerprint density at radius 3 is 2.38 bits per heavy atom. The maximum absolute atomic E-state index is 12.8. The molecule has 34 heavy (non-hydrogen) atoms. The predicted octanol–water partition coefficient (Wildman–Crippen LogP) is 5.04. The molecule has 0 aliphatic carbocycles. The van der Waals surface area contributed by atoms with Crippen molar-refractivity contribution >= 4 is 32.7 Å². The average Bonchev–Trinajstić information content (AvgIpc) is 3.18. The van der Waals surface area contributed by atoms with Gasteiger partial charge in [-0.15, -0.1) is 0 Å². The molecule has 8 heteroatoms. The lowest BCUT2D eigenvalue weighted by molar-refractivity contribution is 0.0528. The highest BCUT2D eigenvalue weighted by atomic mass is 32.2. The third-order valence-corrected chi connectivity index (χ3v) is 5.83. The number of hydrogen-bond acceptors (Lipinski definition) is 7. The van der Waals surface area contributed by atoms with E-state index >= 15 is 0 Å². The van der Waals surface area contributed by atoms with Crippen molar-refractivity contribution in [3.8, 4) is 17.1 Å². The van der Waals surface area contributed by atoms with Crippen molar-refractivity contribution in [2.45, 2.75) is 12.7 Å². The summed E-state index contributed by atoms with van der Waals surface area (Å²) >= 11 is 0. The largest absolute Gasteiger partial charge is 0.462 e. The van der Waals surface area contributed by atoms with Crippen molar-refractivity contribution in [2.75, 3.05) is 12.9 Å². The molecular formula is C26H22O7S. The number of furan rings is 1. The van der Waals surface area contributed by atoms with Gasteiger partial charge in [0.05, 0.1) is 17.9 Å². The van der Waals surface area contributed by atoms with Crippen molar-refractivity contribution < 1.29 is 31.9 Å². The van der Waals surface area contributed by atoms with Crippen LogP contribution in [0.1, 0.15) is 33.2 Å². The van der Waals surface area contributed by atoms with Gasteiger partial charge < -0.3 is 13.9 Å². The van der Waals surface area contributed by atoms with Crippen LogP contribution >= 0.6 is 0 Å². The molecule has 0 amide bonds. The quantitative estimate of drug-likeness (QED) is 0.271. The monoisotopic (exact) mass is 478 g/mol. The number of carbonyl (C=O) groups is 2. The second-order valence-electron chi connectivity index (χ2n) is 7.71. The number of ether oxygens (including phenoxy) is 2. The summed E-state index contributed by atoms with van der Waals surface area (Å²) in [4.78, 5) is 25.5. The van der Waals surface area contributed by atoms with Gasteiger partial charge in [0.25, 0.3) is 0 Å². The highest BCUT2D eigenvalue weighted by Gasteiger charge is 2.24. The molecule has 0 atom stereocenters. The van der Waals surface area contributed by atoms with Crippen LogP contribution in [0.4, 0.5) is 0 Å². The minimum Gasteiger partial charge on any atom is -0.462 e. The van der Waals surface area contributed by atoms with Gasteiger partial charge in [0, 0.05) is 17.2 Å². The summed E-state index contributed by atoms with van der Waals surface area (Å²) in [6.07, 6.45) is 1.13. The molecule has 4 rings (SSSR count). The van der Waals surface area contributed by atoms with Crippen LogP contribution < -0.4 is 4.74 Å². The Morgan fingerprint density at radius 1 is 0.912 bits per heavy atom. The molecule has 3 aromatic carbocycles. The molecular weight excluding hydrogens is 456 g/mol. The van der Waals surface area contributed by atoms with E-state index in [1.165, 1.54) is 6.07 Å². The molecule has 0 radical (unpaired) electrons. The van der Waals surface area contributed by atoms with Crippen molar-refractivity contribution in [3.63, 3.8) is 0 Å². The minimum absolute atomic E-state index is 0.180. The average molecular weight is 479 g/mol. The van der Waals surface area contributed by atoms with E-state index in [0.29, 0.717) is 27.9 Å². The summed E-state index contributed by atoms with van der Waals surface area (Å²) in [5, 5.41) is 0.452. The molecule has 0 saturated heterocycles. The summed E-state index contributed by atoms with van der Waals surface area (Å²) < 4.78 is 39.9. The molecule has 0 aliphatic heterocycles. The molecule has 1 heterocycles. The lowest BCUT2D eigenvalue weighted by Crippen LogP contribution is -2.10. The van der Waals surface area contributed by atoms with Crippen LogP contribution in [0.3, 0.4) is 0 Å². The second-order valence-corrected chi connectivity index (χ2v) is 9.85. The van der Waals surface area contributed by atoms with E-state index in [1.807, 2.05) is 30.3 Å². The Balaban J connectivity index is 1.70. The fraction of sp³-hybridized carbons (Fsp3) is 0.154. The summed E-state index contributed by atoms with van der Waals surface area (Å²) in [6, 6.07) is 20.2. The van der Waals surface area contributed by atoms with Crippen LogP contribution in [0.25, 0.3) is 22.3 Å². The second kappa shape index (κ2) is 9.52. The number of fused-ring (bicyclic) bond motifs is 1. The summed E-state index contributed by atoms with van der Waals surface area (Å²) in [7, 11) is -3.25. The molecule has 4 aromatic rings. The normalized spacial score (nSPS) is 11.4. The maximum Gasteiger partial charge on any atom is 0.343 e. The van der Waals surface area contributed by atoms with E-state index in [4.69, 9.17) is 13.9 Å². The first-order chi connectivity index (χ1) is 16.2. The van der Waals surface area contributed by atoms with Gasteiger partial charge >= 0.3 is 11.9 Å². The highest BCUT2D eigenvalue weighted by Crippen LogP contribution is 2.36. The third-order valence-electron chi connectivity index (χ3n) is 4.98. The van der Waals surface area contributed by atoms with Gasteiger partial charge in [-0.1, -0.05) is 42.5 Å². The molecule has 0 N–H and O–H groups in total. The number of benzene rings is 3. The molecule has 0 fully saturated rings. The van der Waals surface area contributed by atoms with Gasteiger partial charge in [0.2, 0.25) is 0 Å². The molecule has 0 saturated carbocycles. The van der Waals surface area contributed by atoms with Gasteiger partial charge in [0.15, 0.2) is 9.84 Å². The SMILES string of the molecule is CCOC(=O)c1c(-c2ccccc2)oc2ccc(OC(=O)c3cccc(CS(C)(=O)=O)c3)cc12. The van der Waals surface area contributed by atoms with Crippen molar-refractivity contribution in [3.05, 3.63) is 89.5 Å². The zero-order valence-electron chi connectivity index (χ0n) is 18.6. The Morgan fingerprint density at radius 2 is 1.68 bits per heavy atom. The molecule has 1 aromatic heterocycles. The van der Waals surface area contributed by atoms with E-state index in [1.54, 1.807) is 43.3 Å². The zero-order chi connectivity index (χ0) is 24.3. The molecule has 174 valence electrons. The van der Waals surface area contributed by atoms with Crippen LogP contribution in [-0.2, 0) is 20.3 Å². The first kappa shape index (κ1) is 23.3. The lowest BCUT2D eigenvalue weighted by Gasteiger charge is -2.07. The molecule has 0 bridgehead atoms. The lowest BCUT2D eigenvalue weighted by atomic mass is 10.1. The molecule has 0 spiro atoms. The zero-order valence-corrected chi connectivity index (χ0v) is 19.4.